The Bertz CT molecular complexity index is 127. The SMILES string of the molecule is CCC(O[SiH2]CCCN)OC(C)OC. The van der Waals surface area contributed by atoms with Gasteiger partial charge in [-0.1, -0.05) is 6.92 Å². The summed E-state index contributed by atoms with van der Waals surface area (Å²) in [7, 11) is 1.16. The van der Waals surface area contributed by atoms with Crippen molar-refractivity contribution < 1.29 is 13.9 Å². The second-order valence-electron chi connectivity index (χ2n) is 3.14. The lowest BCUT2D eigenvalue weighted by molar-refractivity contribution is -0.201. The molecule has 2 N–H and O–H groups in total. The summed E-state index contributed by atoms with van der Waals surface area (Å²) >= 11 is 0. The zero-order valence-electron chi connectivity index (χ0n) is 9.49. The lowest BCUT2D eigenvalue weighted by Gasteiger charge is -2.20. The summed E-state index contributed by atoms with van der Waals surface area (Å²) in [6.07, 6.45) is 1.63. The normalized spacial score (nSPS) is 16.3. The van der Waals surface area contributed by atoms with Crippen LogP contribution in [0.25, 0.3) is 0 Å². The monoisotopic (exact) mass is 221 g/mol. The van der Waals surface area contributed by atoms with Crippen LogP contribution in [0.2, 0.25) is 6.04 Å². The van der Waals surface area contributed by atoms with E-state index >= 15 is 0 Å². The molecule has 5 heteroatoms. The number of rotatable bonds is 9. The molecule has 0 heterocycles. The minimum Gasteiger partial charge on any atom is -0.400 e. The number of methoxy groups -OCH3 is 1. The number of hydrogen-bond donors (Lipinski definition) is 1. The Morgan fingerprint density at radius 3 is 2.64 bits per heavy atom. The highest BCUT2D eigenvalue weighted by Gasteiger charge is 2.10. The Labute approximate surface area is 89.0 Å². The van der Waals surface area contributed by atoms with E-state index in [0.717, 1.165) is 25.4 Å². The Hall–Kier alpha value is 0.0569. The van der Waals surface area contributed by atoms with Gasteiger partial charge < -0.3 is 19.6 Å². The number of hydrogen-bond acceptors (Lipinski definition) is 4. The van der Waals surface area contributed by atoms with Crippen LogP contribution in [0, 0.1) is 0 Å². The van der Waals surface area contributed by atoms with Crippen LogP contribution in [0.1, 0.15) is 26.7 Å². The molecule has 0 saturated heterocycles. The summed E-state index contributed by atoms with van der Waals surface area (Å²) < 4.78 is 16.1. The second-order valence-corrected chi connectivity index (χ2v) is 4.59. The van der Waals surface area contributed by atoms with E-state index in [1.165, 1.54) is 0 Å². The van der Waals surface area contributed by atoms with Crippen LogP contribution in [0.5, 0.6) is 0 Å². The molecule has 0 aliphatic heterocycles. The van der Waals surface area contributed by atoms with Crippen molar-refractivity contribution >= 4 is 9.76 Å². The molecule has 2 atom stereocenters. The molecular formula is C9H23NO3Si. The summed E-state index contributed by atoms with van der Waals surface area (Å²) in [5.41, 5.74) is 5.40. The van der Waals surface area contributed by atoms with E-state index < -0.39 is 9.76 Å². The van der Waals surface area contributed by atoms with Crippen LogP contribution >= 0.6 is 0 Å². The fourth-order valence-electron chi connectivity index (χ4n) is 0.984. The Morgan fingerprint density at radius 1 is 1.43 bits per heavy atom. The van der Waals surface area contributed by atoms with Crippen molar-refractivity contribution in [3.63, 3.8) is 0 Å². The van der Waals surface area contributed by atoms with Gasteiger partial charge in [0, 0.05) is 7.11 Å². The molecule has 14 heavy (non-hydrogen) atoms. The minimum absolute atomic E-state index is 0.102. The molecule has 0 spiro atoms. The van der Waals surface area contributed by atoms with Crippen LogP contribution in [0.3, 0.4) is 0 Å². The smallest absolute Gasteiger partial charge is 0.165 e. The van der Waals surface area contributed by atoms with Gasteiger partial charge in [0.15, 0.2) is 16.1 Å². The molecule has 0 fully saturated rings. The van der Waals surface area contributed by atoms with E-state index in [-0.39, 0.29) is 12.6 Å². The van der Waals surface area contributed by atoms with Gasteiger partial charge >= 0.3 is 0 Å². The molecule has 0 aliphatic carbocycles. The van der Waals surface area contributed by atoms with E-state index in [2.05, 4.69) is 0 Å². The zero-order chi connectivity index (χ0) is 10.8. The lowest BCUT2D eigenvalue weighted by atomic mass is 10.5. The predicted octanol–water partition coefficient (Wildman–Crippen LogP) is 0.599. The standard InChI is InChI=1S/C9H23NO3Si/c1-4-9(12-8(2)11-3)13-14-7-5-6-10/h8-9H,4-7,10,14H2,1-3H3. The van der Waals surface area contributed by atoms with Gasteiger partial charge in [-0.25, -0.2) is 0 Å². The Morgan fingerprint density at radius 2 is 2.14 bits per heavy atom. The number of nitrogens with two attached hydrogens (primary N) is 1. The fourth-order valence-corrected chi connectivity index (χ4v) is 2.22. The fraction of sp³-hybridized carbons (Fsp3) is 1.00. The molecule has 0 bridgehead atoms. The maximum atomic E-state index is 5.65. The summed E-state index contributed by atoms with van der Waals surface area (Å²) in [6.45, 7) is 4.67. The quantitative estimate of drug-likeness (QED) is 0.352. The molecular weight excluding hydrogens is 198 g/mol. The maximum Gasteiger partial charge on any atom is 0.165 e. The van der Waals surface area contributed by atoms with Crippen molar-refractivity contribution in [2.75, 3.05) is 13.7 Å². The minimum atomic E-state index is -0.469. The molecule has 0 rings (SSSR count). The molecule has 4 nitrogen and oxygen atoms in total. The van der Waals surface area contributed by atoms with Gasteiger partial charge in [-0.15, -0.1) is 0 Å². The van der Waals surface area contributed by atoms with Crippen LogP contribution in [0.4, 0.5) is 0 Å². The third-order valence-electron chi connectivity index (χ3n) is 1.91. The Balaban J connectivity index is 3.47. The molecule has 0 aliphatic rings. The van der Waals surface area contributed by atoms with Gasteiger partial charge in [-0.05, 0) is 32.4 Å². The summed E-state index contributed by atoms with van der Waals surface area (Å²) in [5, 5.41) is 0. The van der Waals surface area contributed by atoms with Crippen LogP contribution in [-0.2, 0) is 13.9 Å². The van der Waals surface area contributed by atoms with Gasteiger partial charge in [0.05, 0.1) is 0 Å². The molecule has 0 aromatic heterocycles. The third-order valence-corrected chi connectivity index (χ3v) is 3.31. The van der Waals surface area contributed by atoms with Crippen LogP contribution in [0.15, 0.2) is 0 Å². The molecule has 0 saturated carbocycles. The zero-order valence-corrected chi connectivity index (χ0v) is 10.9. The van der Waals surface area contributed by atoms with E-state index in [1.54, 1.807) is 7.11 Å². The average Bonchev–Trinajstić information content (AvgIpc) is 2.22. The van der Waals surface area contributed by atoms with Crippen molar-refractivity contribution in [3.05, 3.63) is 0 Å². The van der Waals surface area contributed by atoms with Crippen LogP contribution in [-0.4, -0.2) is 36.0 Å². The molecule has 0 aromatic carbocycles. The van der Waals surface area contributed by atoms with Crippen molar-refractivity contribution in [1.82, 2.24) is 0 Å². The molecule has 0 amide bonds. The van der Waals surface area contributed by atoms with Gasteiger partial charge in [0.1, 0.15) is 6.29 Å². The van der Waals surface area contributed by atoms with Crippen LogP contribution < -0.4 is 5.73 Å². The summed E-state index contributed by atoms with van der Waals surface area (Å²) in [5.74, 6) is 0. The molecule has 0 aromatic rings. The van der Waals surface area contributed by atoms with Crippen molar-refractivity contribution in [2.45, 2.75) is 45.3 Å². The lowest BCUT2D eigenvalue weighted by Crippen LogP contribution is -2.24. The molecule has 86 valence electrons. The highest BCUT2D eigenvalue weighted by Crippen LogP contribution is 2.05. The van der Waals surface area contributed by atoms with Gasteiger partial charge in [0.2, 0.25) is 0 Å². The molecule has 0 radical (unpaired) electrons. The van der Waals surface area contributed by atoms with Gasteiger partial charge in [-0.2, -0.15) is 0 Å². The van der Waals surface area contributed by atoms with E-state index in [9.17, 15) is 0 Å². The average molecular weight is 221 g/mol. The first kappa shape index (κ1) is 14.1. The van der Waals surface area contributed by atoms with E-state index in [1.807, 2.05) is 13.8 Å². The predicted molar refractivity (Wildman–Crippen MR) is 59.7 cm³/mol. The largest absolute Gasteiger partial charge is 0.400 e. The van der Waals surface area contributed by atoms with Crippen molar-refractivity contribution in [3.8, 4) is 0 Å². The summed E-state index contributed by atoms with van der Waals surface area (Å²) in [6, 6.07) is 1.12. The van der Waals surface area contributed by atoms with E-state index in [0.29, 0.717) is 0 Å². The molecule has 2 unspecified atom stereocenters. The number of ether oxygens (including phenoxy) is 2. The van der Waals surface area contributed by atoms with Gasteiger partial charge in [0.25, 0.3) is 0 Å². The van der Waals surface area contributed by atoms with Crippen molar-refractivity contribution in [1.29, 1.82) is 0 Å². The maximum absolute atomic E-state index is 5.65. The van der Waals surface area contributed by atoms with E-state index in [4.69, 9.17) is 19.6 Å². The topological polar surface area (TPSA) is 53.7 Å². The highest BCUT2D eigenvalue weighted by atomic mass is 28.2. The first-order chi connectivity index (χ1) is 6.74. The summed E-state index contributed by atoms with van der Waals surface area (Å²) in [4.78, 5) is 0. The van der Waals surface area contributed by atoms with Crippen molar-refractivity contribution in [2.24, 2.45) is 5.73 Å². The Kier molecular flexibility index (Phi) is 9.64. The van der Waals surface area contributed by atoms with Gasteiger partial charge in [-0.3, -0.25) is 0 Å². The third kappa shape index (κ3) is 7.46. The second kappa shape index (κ2) is 9.61. The highest BCUT2D eigenvalue weighted by molar-refractivity contribution is 6.27. The first-order valence-electron chi connectivity index (χ1n) is 5.24. The first-order valence-corrected chi connectivity index (χ1v) is 6.82.